The Kier molecular flexibility index (Phi) is 5.83. The third-order valence-corrected chi connectivity index (χ3v) is 6.32. The summed E-state index contributed by atoms with van der Waals surface area (Å²) in [5.74, 6) is 0.681. The number of rotatable bonds is 6. The molecule has 2 amide bonds. The maximum atomic E-state index is 13.1. The lowest BCUT2D eigenvalue weighted by molar-refractivity contribution is -0.153. The molecule has 2 aromatic carbocycles. The maximum Gasteiger partial charge on any atom is 0.246 e. The number of amides is 2. The van der Waals surface area contributed by atoms with Gasteiger partial charge in [0.1, 0.15) is 23.5 Å². The molecular formula is C25H27N5O3. The van der Waals surface area contributed by atoms with Gasteiger partial charge in [-0.1, -0.05) is 42.5 Å². The number of aromatic nitrogens is 2. The van der Waals surface area contributed by atoms with Crippen LogP contribution in [0.5, 0.6) is 5.75 Å². The van der Waals surface area contributed by atoms with E-state index in [1.807, 2.05) is 67.0 Å². The number of benzene rings is 2. The zero-order valence-electron chi connectivity index (χ0n) is 18.6. The molecule has 2 fully saturated rings. The average Bonchev–Trinajstić information content (AvgIpc) is 3.31. The fourth-order valence-corrected chi connectivity index (χ4v) is 4.64. The number of ether oxygens (including phenoxy) is 1. The van der Waals surface area contributed by atoms with Crippen molar-refractivity contribution in [3.8, 4) is 11.4 Å². The highest BCUT2D eigenvalue weighted by molar-refractivity contribution is 5.97. The molecule has 0 radical (unpaired) electrons. The molecule has 1 aromatic heterocycles. The summed E-state index contributed by atoms with van der Waals surface area (Å²) in [5.41, 5.74) is 2.96. The molecule has 5 rings (SSSR count). The Hall–Kier alpha value is -3.65. The highest BCUT2D eigenvalue weighted by Gasteiger charge is 2.43. The second-order valence-corrected chi connectivity index (χ2v) is 8.50. The number of hydrogen-bond acceptors (Lipinski definition) is 5. The van der Waals surface area contributed by atoms with Crippen LogP contribution in [-0.2, 0) is 22.6 Å². The lowest BCUT2D eigenvalue weighted by Gasteiger charge is -2.45. The van der Waals surface area contributed by atoms with Crippen molar-refractivity contribution >= 4 is 11.8 Å². The van der Waals surface area contributed by atoms with E-state index in [1.54, 1.807) is 16.7 Å². The van der Waals surface area contributed by atoms with Crippen molar-refractivity contribution < 1.29 is 14.3 Å². The van der Waals surface area contributed by atoms with E-state index < -0.39 is 12.1 Å². The second kappa shape index (κ2) is 9.07. The quantitative estimate of drug-likeness (QED) is 0.624. The molecule has 2 aliphatic heterocycles. The molecule has 0 bridgehead atoms. The van der Waals surface area contributed by atoms with Gasteiger partial charge in [0, 0.05) is 44.4 Å². The summed E-state index contributed by atoms with van der Waals surface area (Å²) in [6.07, 6.45) is 4.33. The zero-order valence-corrected chi connectivity index (χ0v) is 18.6. The van der Waals surface area contributed by atoms with Gasteiger partial charge in [-0.05, 0) is 17.7 Å². The van der Waals surface area contributed by atoms with Crippen LogP contribution in [0.4, 0.5) is 0 Å². The third-order valence-electron chi connectivity index (χ3n) is 6.32. The van der Waals surface area contributed by atoms with Gasteiger partial charge >= 0.3 is 0 Å². The topological polar surface area (TPSA) is 79.7 Å². The van der Waals surface area contributed by atoms with E-state index in [0.717, 1.165) is 22.6 Å². The van der Waals surface area contributed by atoms with Gasteiger partial charge in [0.25, 0.3) is 0 Å². The van der Waals surface area contributed by atoms with Crippen molar-refractivity contribution in [2.75, 3.05) is 26.7 Å². The molecule has 0 unspecified atom stereocenters. The first kappa shape index (κ1) is 21.2. The molecule has 1 N–H and O–H groups in total. The van der Waals surface area contributed by atoms with E-state index in [0.29, 0.717) is 32.6 Å². The number of piperazine rings is 2. The van der Waals surface area contributed by atoms with Crippen LogP contribution in [-0.4, -0.2) is 70.2 Å². The van der Waals surface area contributed by atoms with Gasteiger partial charge in [-0.25, -0.2) is 4.68 Å². The summed E-state index contributed by atoms with van der Waals surface area (Å²) < 4.78 is 7.23. The molecule has 3 aromatic rings. The lowest BCUT2D eigenvalue weighted by atomic mass is 9.98. The van der Waals surface area contributed by atoms with E-state index >= 15 is 0 Å². The van der Waals surface area contributed by atoms with Crippen molar-refractivity contribution in [3.05, 3.63) is 78.1 Å². The van der Waals surface area contributed by atoms with Crippen LogP contribution in [0.25, 0.3) is 5.69 Å². The Morgan fingerprint density at radius 3 is 2.64 bits per heavy atom. The Labute approximate surface area is 192 Å². The minimum Gasteiger partial charge on any atom is -0.494 e. The molecule has 2 saturated heterocycles. The van der Waals surface area contributed by atoms with Crippen molar-refractivity contribution in [2.45, 2.75) is 25.0 Å². The fraction of sp³-hybridized carbons (Fsp3) is 0.320. The van der Waals surface area contributed by atoms with Gasteiger partial charge < -0.3 is 15.0 Å². The first-order chi connectivity index (χ1) is 16.1. The summed E-state index contributed by atoms with van der Waals surface area (Å²) in [6.45, 7) is 2.43. The van der Waals surface area contributed by atoms with Crippen LogP contribution in [0.3, 0.4) is 0 Å². The first-order valence-electron chi connectivity index (χ1n) is 11.2. The smallest absolute Gasteiger partial charge is 0.246 e. The number of methoxy groups -OCH3 is 1. The number of nitrogens with one attached hydrogen (secondary N) is 1. The normalized spacial score (nSPS) is 20.9. The number of hydrogen-bond donors (Lipinski definition) is 1. The number of carbonyl (C=O) groups excluding carboxylic acids is 2. The Morgan fingerprint density at radius 1 is 1.03 bits per heavy atom. The number of para-hydroxylation sites is 2. The summed E-state index contributed by atoms with van der Waals surface area (Å²) in [4.78, 5) is 29.9. The van der Waals surface area contributed by atoms with Crippen LogP contribution < -0.4 is 10.1 Å². The molecule has 8 nitrogen and oxygen atoms in total. The van der Waals surface area contributed by atoms with E-state index in [-0.39, 0.29) is 11.8 Å². The second-order valence-electron chi connectivity index (χ2n) is 8.50. The molecule has 0 saturated carbocycles. The van der Waals surface area contributed by atoms with Crippen LogP contribution in [0, 0.1) is 0 Å². The van der Waals surface area contributed by atoms with Gasteiger partial charge in [0.2, 0.25) is 11.8 Å². The Bertz CT molecular complexity index is 1150. The molecule has 0 spiro atoms. The van der Waals surface area contributed by atoms with Gasteiger partial charge in [-0.15, -0.1) is 0 Å². The van der Waals surface area contributed by atoms with Crippen LogP contribution in [0.1, 0.15) is 11.1 Å². The minimum absolute atomic E-state index is 0.00657. The number of fused-ring (bicyclic) bond motifs is 1. The molecule has 33 heavy (non-hydrogen) atoms. The van der Waals surface area contributed by atoms with Gasteiger partial charge in [-0.3, -0.25) is 14.5 Å². The predicted molar refractivity (Wildman–Crippen MR) is 123 cm³/mol. The van der Waals surface area contributed by atoms with E-state index in [1.165, 1.54) is 0 Å². The predicted octanol–water partition coefficient (Wildman–Crippen LogP) is 1.63. The van der Waals surface area contributed by atoms with Gasteiger partial charge in [-0.2, -0.15) is 5.10 Å². The minimum atomic E-state index is -0.498. The van der Waals surface area contributed by atoms with Gasteiger partial charge in [0.15, 0.2) is 0 Å². The van der Waals surface area contributed by atoms with Crippen molar-refractivity contribution in [1.82, 2.24) is 24.9 Å². The van der Waals surface area contributed by atoms with Crippen molar-refractivity contribution in [1.29, 1.82) is 0 Å². The average molecular weight is 446 g/mol. The SMILES string of the molecule is COc1ccccc1-n1cc(CN2CCN3C(=O)[C@@H](Cc4ccccc4)NC(=O)[C@H]3C2)cn1. The molecule has 2 atom stereocenters. The molecule has 0 aliphatic carbocycles. The third kappa shape index (κ3) is 4.34. The summed E-state index contributed by atoms with van der Waals surface area (Å²) in [5, 5.41) is 7.43. The molecule has 8 heteroatoms. The first-order valence-corrected chi connectivity index (χ1v) is 11.2. The summed E-state index contributed by atoms with van der Waals surface area (Å²) in [6, 6.07) is 16.6. The van der Waals surface area contributed by atoms with Crippen molar-refractivity contribution in [2.24, 2.45) is 0 Å². The fourth-order valence-electron chi connectivity index (χ4n) is 4.64. The maximum absolute atomic E-state index is 13.1. The van der Waals surface area contributed by atoms with Crippen LogP contribution in [0.2, 0.25) is 0 Å². The lowest BCUT2D eigenvalue weighted by Crippen LogP contribution is -2.69. The summed E-state index contributed by atoms with van der Waals surface area (Å²) in [7, 11) is 1.64. The molecule has 2 aliphatic rings. The molecule has 3 heterocycles. The van der Waals surface area contributed by atoms with Crippen LogP contribution >= 0.6 is 0 Å². The standard InChI is InChI=1S/C25H27N5O3/c1-33-23-10-6-5-9-21(23)30-16-19(14-26-30)15-28-11-12-29-22(17-28)24(31)27-20(25(29)32)13-18-7-3-2-4-8-18/h2-10,14,16,20,22H,11-13,15,17H2,1H3,(H,27,31)/t20-,22-/m1/s1. The molecule has 170 valence electrons. The van der Waals surface area contributed by atoms with E-state index in [4.69, 9.17) is 4.74 Å². The zero-order chi connectivity index (χ0) is 22.8. The largest absolute Gasteiger partial charge is 0.494 e. The highest BCUT2D eigenvalue weighted by Crippen LogP contribution is 2.23. The highest BCUT2D eigenvalue weighted by atomic mass is 16.5. The monoisotopic (exact) mass is 445 g/mol. The van der Waals surface area contributed by atoms with E-state index in [2.05, 4.69) is 15.3 Å². The summed E-state index contributed by atoms with van der Waals surface area (Å²) >= 11 is 0. The van der Waals surface area contributed by atoms with Crippen LogP contribution in [0.15, 0.2) is 67.0 Å². The number of nitrogens with zero attached hydrogens (tertiary/aromatic N) is 4. The molecular weight excluding hydrogens is 418 g/mol. The van der Waals surface area contributed by atoms with Crippen molar-refractivity contribution in [3.63, 3.8) is 0 Å². The Morgan fingerprint density at radius 2 is 1.82 bits per heavy atom. The number of carbonyl (C=O) groups is 2. The van der Waals surface area contributed by atoms with Gasteiger partial charge in [0.05, 0.1) is 13.3 Å². The van der Waals surface area contributed by atoms with E-state index in [9.17, 15) is 9.59 Å². The Balaban J connectivity index is 1.24.